The molecule has 0 aliphatic rings. The van der Waals surface area contributed by atoms with Gasteiger partial charge in [-0.2, -0.15) is 0 Å². The molecular weight excluding hydrogens is 334 g/mol. The molecule has 0 aliphatic carbocycles. The molecule has 0 saturated heterocycles. The van der Waals surface area contributed by atoms with Crippen molar-refractivity contribution in [3.05, 3.63) is 95.2 Å². The molecule has 3 rings (SSSR count). The summed E-state index contributed by atoms with van der Waals surface area (Å²) in [5.74, 6) is 0.679. The van der Waals surface area contributed by atoms with Gasteiger partial charge in [-0.3, -0.25) is 4.79 Å². The van der Waals surface area contributed by atoms with Gasteiger partial charge in [0.15, 0.2) is 0 Å². The molecule has 4 heteroatoms. The summed E-state index contributed by atoms with van der Waals surface area (Å²) in [7, 11) is 0. The quantitative estimate of drug-likeness (QED) is 0.588. The highest BCUT2D eigenvalue weighted by atomic mass is 16.1. The van der Waals surface area contributed by atoms with Crippen LogP contribution in [0.4, 0.5) is 5.82 Å². The highest BCUT2D eigenvalue weighted by Crippen LogP contribution is 2.09. The number of carbonyl (C=O) groups excluding carboxylic acids is 1. The van der Waals surface area contributed by atoms with E-state index in [0.717, 1.165) is 18.7 Å². The normalized spacial score (nSPS) is 10.4. The van der Waals surface area contributed by atoms with Crippen molar-refractivity contribution in [3.63, 3.8) is 0 Å². The molecule has 0 fully saturated rings. The number of carbonyl (C=O) groups is 1. The number of amides is 1. The average molecular weight is 359 g/mol. The van der Waals surface area contributed by atoms with Crippen LogP contribution in [-0.4, -0.2) is 17.4 Å². The molecule has 0 aliphatic heterocycles. The van der Waals surface area contributed by atoms with Gasteiger partial charge in [-0.25, -0.2) is 4.98 Å². The fourth-order valence-corrected chi connectivity index (χ4v) is 2.89. The summed E-state index contributed by atoms with van der Waals surface area (Å²) in [5.41, 5.74) is 4.31. The van der Waals surface area contributed by atoms with Crippen LogP contribution < -0.4 is 10.6 Å². The molecule has 2 aromatic carbocycles. The second-order valence-corrected chi connectivity index (χ2v) is 6.62. The highest BCUT2D eigenvalue weighted by molar-refractivity contribution is 5.94. The Morgan fingerprint density at radius 2 is 1.78 bits per heavy atom. The van der Waals surface area contributed by atoms with Crippen LogP contribution in [0.1, 0.15) is 33.5 Å². The minimum absolute atomic E-state index is 0.0826. The maximum Gasteiger partial charge on any atom is 0.252 e. The highest BCUT2D eigenvalue weighted by Gasteiger charge is 2.05. The Bertz CT molecular complexity index is 860. The van der Waals surface area contributed by atoms with Crippen LogP contribution in [-0.2, 0) is 13.0 Å². The molecule has 1 aromatic heterocycles. The Kier molecular flexibility index (Phi) is 6.58. The molecule has 3 aromatic rings. The molecular formula is C23H25N3O. The van der Waals surface area contributed by atoms with Gasteiger partial charge in [-0.05, 0) is 43.0 Å². The van der Waals surface area contributed by atoms with E-state index in [2.05, 4.69) is 52.9 Å². The van der Waals surface area contributed by atoms with Gasteiger partial charge in [-0.15, -0.1) is 0 Å². The number of rotatable bonds is 8. The fourth-order valence-electron chi connectivity index (χ4n) is 2.89. The van der Waals surface area contributed by atoms with Crippen LogP contribution in [0.5, 0.6) is 0 Å². The van der Waals surface area contributed by atoms with Crippen molar-refractivity contribution in [2.24, 2.45) is 0 Å². The molecule has 0 radical (unpaired) electrons. The predicted molar refractivity (Wildman–Crippen MR) is 110 cm³/mol. The molecule has 27 heavy (non-hydrogen) atoms. The SMILES string of the molecule is Cc1cccc(CNc2ccc(C(=O)NCCCc3ccccc3)cn2)c1. The zero-order valence-corrected chi connectivity index (χ0v) is 15.6. The van der Waals surface area contributed by atoms with Gasteiger partial charge in [-0.1, -0.05) is 60.2 Å². The van der Waals surface area contributed by atoms with E-state index in [4.69, 9.17) is 0 Å². The number of nitrogens with zero attached hydrogens (tertiary/aromatic N) is 1. The topological polar surface area (TPSA) is 54.0 Å². The number of hydrogen-bond acceptors (Lipinski definition) is 3. The van der Waals surface area contributed by atoms with E-state index in [1.165, 1.54) is 16.7 Å². The molecule has 1 heterocycles. The van der Waals surface area contributed by atoms with Crippen LogP contribution in [0, 0.1) is 6.92 Å². The Morgan fingerprint density at radius 1 is 0.963 bits per heavy atom. The zero-order chi connectivity index (χ0) is 18.9. The fraction of sp³-hybridized carbons (Fsp3) is 0.217. The van der Waals surface area contributed by atoms with E-state index in [1.54, 1.807) is 12.3 Å². The van der Waals surface area contributed by atoms with Crippen LogP contribution in [0.25, 0.3) is 0 Å². The largest absolute Gasteiger partial charge is 0.366 e. The lowest BCUT2D eigenvalue weighted by molar-refractivity contribution is 0.0953. The summed E-state index contributed by atoms with van der Waals surface area (Å²) in [6, 6.07) is 22.3. The van der Waals surface area contributed by atoms with Gasteiger partial charge in [0.25, 0.3) is 5.91 Å². The van der Waals surface area contributed by atoms with Crippen molar-refractivity contribution in [2.45, 2.75) is 26.3 Å². The van der Waals surface area contributed by atoms with Gasteiger partial charge >= 0.3 is 0 Å². The molecule has 0 saturated carbocycles. The van der Waals surface area contributed by atoms with Gasteiger partial charge in [0.1, 0.15) is 5.82 Å². The summed E-state index contributed by atoms with van der Waals surface area (Å²) in [6.45, 7) is 3.44. The lowest BCUT2D eigenvalue weighted by atomic mass is 10.1. The summed E-state index contributed by atoms with van der Waals surface area (Å²) < 4.78 is 0. The smallest absolute Gasteiger partial charge is 0.252 e. The first-order chi connectivity index (χ1) is 13.2. The van der Waals surface area contributed by atoms with Crippen molar-refractivity contribution in [2.75, 3.05) is 11.9 Å². The third-order valence-electron chi connectivity index (χ3n) is 4.35. The van der Waals surface area contributed by atoms with Crippen molar-refractivity contribution in [1.82, 2.24) is 10.3 Å². The number of hydrogen-bond donors (Lipinski definition) is 2. The van der Waals surface area contributed by atoms with E-state index in [-0.39, 0.29) is 5.91 Å². The summed E-state index contributed by atoms with van der Waals surface area (Å²) in [4.78, 5) is 16.6. The van der Waals surface area contributed by atoms with E-state index in [1.807, 2.05) is 30.3 Å². The van der Waals surface area contributed by atoms with Gasteiger partial charge in [0, 0.05) is 19.3 Å². The van der Waals surface area contributed by atoms with Crippen molar-refractivity contribution in [1.29, 1.82) is 0 Å². The van der Waals surface area contributed by atoms with Gasteiger partial charge in [0.05, 0.1) is 5.56 Å². The Morgan fingerprint density at radius 3 is 2.52 bits per heavy atom. The van der Waals surface area contributed by atoms with Crippen molar-refractivity contribution in [3.8, 4) is 0 Å². The minimum Gasteiger partial charge on any atom is -0.366 e. The second kappa shape index (κ2) is 9.53. The van der Waals surface area contributed by atoms with E-state index in [9.17, 15) is 4.79 Å². The van der Waals surface area contributed by atoms with Crippen molar-refractivity contribution < 1.29 is 4.79 Å². The van der Waals surface area contributed by atoms with Crippen LogP contribution in [0.3, 0.4) is 0 Å². The summed E-state index contributed by atoms with van der Waals surface area (Å²) in [6.07, 6.45) is 3.49. The molecule has 0 bridgehead atoms. The first kappa shape index (κ1) is 18.6. The Labute approximate surface area is 160 Å². The first-order valence-electron chi connectivity index (χ1n) is 9.28. The predicted octanol–water partition coefficient (Wildman–Crippen LogP) is 4.36. The summed E-state index contributed by atoms with van der Waals surface area (Å²) >= 11 is 0. The molecule has 0 spiro atoms. The van der Waals surface area contributed by atoms with Crippen LogP contribution in [0.2, 0.25) is 0 Å². The number of anilines is 1. The molecule has 4 nitrogen and oxygen atoms in total. The zero-order valence-electron chi connectivity index (χ0n) is 15.6. The molecule has 0 atom stereocenters. The van der Waals surface area contributed by atoms with Crippen LogP contribution in [0.15, 0.2) is 72.9 Å². The van der Waals surface area contributed by atoms with E-state index in [0.29, 0.717) is 18.7 Å². The number of benzene rings is 2. The minimum atomic E-state index is -0.0826. The molecule has 0 unspecified atom stereocenters. The maximum atomic E-state index is 12.2. The number of nitrogens with one attached hydrogen (secondary N) is 2. The van der Waals surface area contributed by atoms with Crippen molar-refractivity contribution >= 4 is 11.7 Å². The Balaban J connectivity index is 1.43. The monoisotopic (exact) mass is 359 g/mol. The van der Waals surface area contributed by atoms with Crippen LogP contribution >= 0.6 is 0 Å². The third kappa shape index (κ3) is 5.96. The van der Waals surface area contributed by atoms with E-state index >= 15 is 0 Å². The number of pyridine rings is 1. The Hall–Kier alpha value is -3.14. The molecule has 138 valence electrons. The third-order valence-corrected chi connectivity index (χ3v) is 4.35. The number of aromatic nitrogens is 1. The lowest BCUT2D eigenvalue weighted by Gasteiger charge is -2.08. The van der Waals surface area contributed by atoms with E-state index < -0.39 is 0 Å². The van der Waals surface area contributed by atoms with Gasteiger partial charge < -0.3 is 10.6 Å². The average Bonchev–Trinajstić information content (AvgIpc) is 2.71. The maximum absolute atomic E-state index is 12.2. The van der Waals surface area contributed by atoms with Gasteiger partial charge in [0.2, 0.25) is 0 Å². The molecule has 2 N–H and O–H groups in total. The standard InChI is InChI=1S/C23H25N3O/c1-18-7-5-10-20(15-18)16-25-22-13-12-21(17-26-22)23(27)24-14-6-11-19-8-3-2-4-9-19/h2-5,7-10,12-13,15,17H,6,11,14,16H2,1H3,(H,24,27)(H,25,26). The molecule has 1 amide bonds. The second-order valence-electron chi connectivity index (χ2n) is 6.62. The number of aryl methyl sites for hydroxylation is 2. The first-order valence-corrected chi connectivity index (χ1v) is 9.28. The summed E-state index contributed by atoms with van der Waals surface area (Å²) in [5, 5.41) is 6.24. The lowest BCUT2D eigenvalue weighted by Crippen LogP contribution is -2.24.